The first kappa shape index (κ1) is 43.4. The molecule has 0 bridgehead atoms. The molecule has 0 saturated heterocycles. The quantitative estimate of drug-likeness (QED) is 0.0883. The third-order valence-corrected chi connectivity index (χ3v) is 8.61. The maximum Gasteiger partial charge on any atom is 0.243 e. The Morgan fingerprint density at radius 1 is 0.769 bits per heavy atom. The van der Waals surface area contributed by atoms with Gasteiger partial charge >= 0.3 is 0 Å². The van der Waals surface area contributed by atoms with E-state index in [2.05, 4.69) is 41.9 Å². The number of amides is 6. The summed E-state index contributed by atoms with van der Waals surface area (Å²) in [5.41, 5.74) is 2.54. The summed E-state index contributed by atoms with van der Waals surface area (Å²) in [4.78, 5) is 84.0. The molecule has 1 aromatic carbocycles. The Kier molecular flexibility index (Phi) is 19.1. The fraction of sp³-hybridized carbons (Fsp3) is 0.595. The van der Waals surface area contributed by atoms with Crippen molar-refractivity contribution in [3.05, 3.63) is 53.6 Å². The molecular weight excluding hydrogens is 666 g/mol. The second kappa shape index (κ2) is 22.9. The molecule has 4 atom stereocenters. The summed E-state index contributed by atoms with van der Waals surface area (Å²) >= 11 is 0. The summed E-state index contributed by atoms with van der Waals surface area (Å²) in [6.07, 6.45) is 4.77. The van der Waals surface area contributed by atoms with Crippen LogP contribution in [0.1, 0.15) is 78.1 Å². The van der Waals surface area contributed by atoms with Gasteiger partial charge in [-0.2, -0.15) is 0 Å². The lowest BCUT2D eigenvalue weighted by molar-refractivity contribution is -0.134. The highest BCUT2D eigenvalue weighted by molar-refractivity contribution is 5.92. The molecule has 0 radical (unpaired) electrons. The maximum atomic E-state index is 13.6. The van der Waals surface area contributed by atoms with Crippen molar-refractivity contribution in [2.75, 3.05) is 32.7 Å². The zero-order chi connectivity index (χ0) is 38.6. The number of benzene rings is 1. The first-order chi connectivity index (χ1) is 24.7. The van der Waals surface area contributed by atoms with Gasteiger partial charge in [0.2, 0.25) is 35.4 Å². The van der Waals surface area contributed by atoms with Crippen molar-refractivity contribution in [2.24, 2.45) is 17.8 Å². The Balaban J connectivity index is 1.93. The highest BCUT2D eigenvalue weighted by Crippen LogP contribution is 2.13. The molecule has 1 aromatic heterocycles. The van der Waals surface area contributed by atoms with Crippen molar-refractivity contribution >= 4 is 35.4 Å². The van der Waals surface area contributed by atoms with E-state index in [1.54, 1.807) is 19.4 Å². The monoisotopic (exact) mass is 725 g/mol. The van der Waals surface area contributed by atoms with Gasteiger partial charge in [0.25, 0.3) is 0 Å². The minimum Gasteiger partial charge on any atom is -0.355 e. The highest BCUT2D eigenvalue weighted by Gasteiger charge is 2.31. The topological polar surface area (TPSA) is 207 Å². The molecule has 2 unspecified atom stereocenters. The fourth-order valence-electron chi connectivity index (χ4n) is 5.38. The Hall–Kier alpha value is -4.79. The third-order valence-electron chi connectivity index (χ3n) is 8.61. The molecular formula is C37H59N9O6. The Bertz CT molecular complexity index is 1410. The molecule has 7 N–H and O–H groups in total. The highest BCUT2D eigenvalue weighted by atomic mass is 16.2. The van der Waals surface area contributed by atoms with Gasteiger partial charge in [0.05, 0.1) is 12.9 Å². The van der Waals surface area contributed by atoms with Crippen LogP contribution < -0.4 is 31.9 Å². The number of hydrogen-bond donors (Lipinski definition) is 7. The van der Waals surface area contributed by atoms with Crippen LogP contribution in [0.25, 0.3) is 0 Å². The van der Waals surface area contributed by atoms with Crippen LogP contribution in [0.3, 0.4) is 0 Å². The molecule has 288 valence electrons. The molecule has 0 spiro atoms. The number of aromatic nitrogens is 2. The van der Waals surface area contributed by atoms with E-state index in [0.29, 0.717) is 52.0 Å². The van der Waals surface area contributed by atoms with E-state index in [-0.39, 0.29) is 60.4 Å². The molecule has 0 fully saturated rings. The third kappa shape index (κ3) is 16.9. The predicted octanol–water partition coefficient (Wildman–Crippen LogP) is 1.16. The van der Waals surface area contributed by atoms with Crippen LogP contribution in [0.2, 0.25) is 0 Å². The van der Waals surface area contributed by atoms with Gasteiger partial charge < -0.3 is 36.9 Å². The van der Waals surface area contributed by atoms with E-state index < -0.39 is 18.0 Å². The van der Waals surface area contributed by atoms with Crippen molar-refractivity contribution in [2.45, 2.75) is 92.9 Å². The van der Waals surface area contributed by atoms with Crippen LogP contribution in [-0.4, -0.2) is 95.1 Å². The number of imidazole rings is 1. The average molecular weight is 726 g/mol. The zero-order valence-electron chi connectivity index (χ0n) is 31.8. The first-order valence-electron chi connectivity index (χ1n) is 18.1. The van der Waals surface area contributed by atoms with E-state index >= 15 is 0 Å². The average Bonchev–Trinajstić information content (AvgIpc) is 3.60. The molecule has 2 aromatic rings. The van der Waals surface area contributed by atoms with E-state index in [0.717, 1.165) is 16.8 Å². The van der Waals surface area contributed by atoms with Crippen LogP contribution in [0.5, 0.6) is 0 Å². The van der Waals surface area contributed by atoms with Gasteiger partial charge in [0.15, 0.2) is 0 Å². The molecule has 15 nitrogen and oxygen atoms in total. The fourth-order valence-corrected chi connectivity index (χ4v) is 5.38. The van der Waals surface area contributed by atoms with Gasteiger partial charge in [-0.3, -0.25) is 33.7 Å². The van der Waals surface area contributed by atoms with Gasteiger partial charge in [-0.1, -0.05) is 65.3 Å². The summed E-state index contributed by atoms with van der Waals surface area (Å²) in [5, 5.41) is 17.1. The number of hydrogen-bond acceptors (Lipinski definition) is 8. The van der Waals surface area contributed by atoms with Gasteiger partial charge in [-0.25, -0.2) is 4.98 Å². The first-order valence-corrected chi connectivity index (χ1v) is 18.1. The summed E-state index contributed by atoms with van der Waals surface area (Å²) in [5.74, 6) is -1.89. The van der Waals surface area contributed by atoms with Crippen molar-refractivity contribution in [3.8, 4) is 0 Å². The Labute approximate surface area is 307 Å². The van der Waals surface area contributed by atoms with E-state index in [1.165, 1.54) is 13.8 Å². The lowest BCUT2D eigenvalue weighted by Gasteiger charge is -2.28. The number of nitrogens with zero attached hydrogens (tertiary/aromatic N) is 2. The number of H-pyrrole nitrogens is 1. The van der Waals surface area contributed by atoms with Gasteiger partial charge in [0, 0.05) is 77.3 Å². The molecule has 0 aliphatic carbocycles. The van der Waals surface area contributed by atoms with E-state index in [9.17, 15) is 28.8 Å². The summed E-state index contributed by atoms with van der Waals surface area (Å²) < 4.78 is 0. The number of nitrogens with one attached hydrogen (secondary N) is 7. The summed E-state index contributed by atoms with van der Waals surface area (Å²) in [6, 6.07) is 5.88. The number of rotatable bonds is 23. The summed E-state index contributed by atoms with van der Waals surface area (Å²) in [7, 11) is 0. The Morgan fingerprint density at radius 3 is 1.85 bits per heavy atom. The standard InChI is InChI=1S/C37H59N9O6/c1-8-25(4)34(45-35(50)26(5)18-31-21-38-23-43-31)37(52)44-32(17-24(2)3)36(51)42-20-30-11-9-29(10-12-30)19-41-33(49)22-46(15-13-39-27(6)47)16-14-40-28(7)48/h9-12,21,23-26,32,34H,8,13-20,22H2,1-7H3,(H,38,43)(H,39,47)(H,40,48)(H,41,49)(H,42,51)(H,44,52)(H,45,50)/t25?,26?,32-,34-/m0/s1. The SMILES string of the molecule is CCC(C)[C@H](NC(=O)C(C)Cc1cnc[nH]1)C(=O)N[C@@H](CC(C)C)C(=O)NCc1ccc(CNC(=O)CN(CCNC(C)=O)CCNC(C)=O)cc1. The van der Waals surface area contributed by atoms with Gasteiger partial charge in [-0.15, -0.1) is 0 Å². The summed E-state index contributed by atoms with van der Waals surface area (Å²) in [6.45, 7) is 14.8. The number of carbonyl (C=O) groups is 6. The van der Waals surface area contributed by atoms with E-state index in [1.807, 2.05) is 56.9 Å². The molecule has 6 amide bonds. The van der Waals surface area contributed by atoms with Crippen LogP contribution in [0.4, 0.5) is 0 Å². The van der Waals surface area contributed by atoms with Crippen LogP contribution in [0, 0.1) is 17.8 Å². The molecule has 2 rings (SSSR count). The number of aromatic amines is 1. The molecule has 15 heteroatoms. The molecule has 0 saturated carbocycles. The lowest BCUT2D eigenvalue weighted by Crippen LogP contribution is -2.56. The van der Waals surface area contributed by atoms with Crippen molar-refractivity contribution in [1.29, 1.82) is 0 Å². The molecule has 0 aliphatic rings. The van der Waals surface area contributed by atoms with Crippen LogP contribution in [0.15, 0.2) is 36.8 Å². The van der Waals surface area contributed by atoms with Crippen LogP contribution in [-0.2, 0) is 48.3 Å². The minimum absolute atomic E-state index is 0.104. The predicted molar refractivity (Wildman–Crippen MR) is 198 cm³/mol. The van der Waals surface area contributed by atoms with Gasteiger partial charge in [-0.05, 0) is 29.4 Å². The van der Waals surface area contributed by atoms with Crippen LogP contribution >= 0.6 is 0 Å². The number of carbonyl (C=O) groups excluding carboxylic acids is 6. The smallest absolute Gasteiger partial charge is 0.243 e. The second-order valence-electron chi connectivity index (χ2n) is 13.8. The van der Waals surface area contributed by atoms with Gasteiger partial charge in [0.1, 0.15) is 12.1 Å². The van der Waals surface area contributed by atoms with E-state index in [4.69, 9.17) is 0 Å². The van der Waals surface area contributed by atoms with Crippen molar-refractivity contribution in [3.63, 3.8) is 0 Å². The minimum atomic E-state index is -0.798. The zero-order valence-corrected chi connectivity index (χ0v) is 31.8. The normalized spacial score (nSPS) is 13.4. The molecule has 0 aliphatic heterocycles. The van der Waals surface area contributed by atoms with Crippen molar-refractivity contribution < 1.29 is 28.8 Å². The second-order valence-corrected chi connectivity index (χ2v) is 13.8. The molecule has 52 heavy (non-hydrogen) atoms. The van der Waals surface area contributed by atoms with Crippen molar-refractivity contribution in [1.82, 2.24) is 46.8 Å². The molecule has 1 heterocycles. The maximum absolute atomic E-state index is 13.6. The Morgan fingerprint density at radius 2 is 1.35 bits per heavy atom. The largest absolute Gasteiger partial charge is 0.355 e. The lowest BCUT2D eigenvalue weighted by atomic mass is 9.95.